The first-order valence-electron chi connectivity index (χ1n) is 33.6. The fourth-order valence-electron chi connectivity index (χ4n) is 11.9. The normalized spacial score (nSPS) is 27.4. The van der Waals surface area contributed by atoms with Crippen LogP contribution in [-0.4, -0.2) is 271 Å². The monoisotopic (exact) mass is 1350 g/mol. The number of hydrogen-bond acceptors (Lipinski definition) is 17. The predicted molar refractivity (Wildman–Crippen MR) is 357 cm³/mol. The number of likely N-dealkylation sites (N-methyl/N-ethyl adjacent to an activating group) is 6. The van der Waals surface area contributed by atoms with Crippen molar-refractivity contribution in [1.82, 2.24) is 55.6 Å². The summed E-state index contributed by atoms with van der Waals surface area (Å²) in [5, 5.41) is 34.6. The average molecular weight is 1350 g/mol. The Morgan fingerprint density at radius 3 is 1.30 bits per heavy atom. The van der Waals surface area contributed by atoms with Gasteiger partial charge in [-0.25, -0.2) is 13.2 Å². The Labute approximate surface area is 560 Å². The van der Waals surface area contributed by atoms with E-state index >= 15 is 14.4 Å². The Morgan fingerprint density at radius 2 is 0.883 bits per heavy atom. The van der Waals surface area contributed by atoms with Gasteiger partial charge < -0.3 is 70.5 Å². The molecule has 6 N–H and O–H groups in total. The van der Waals surface area contributed by atoms with E-state index in [0.717, 1.165) is 24.5 Å². The first-order valence-corrected chi connectivity index (χ1v) is 35.4. The van der Waals surface area contributed by atoms with Crippen LogP contribution in [0, 0.1) is 47.3 Å². The van der Waals surface area contributed by atoms with Gasteiger partial charge in [-0.05, 0) is 106 Å². The summed E-state index contributed by atoms with van der Waals surface area (Å²) in [6, 6.07) is -12.6. The van der Waals surface area contributed by atoms with Crippen LogP contribution in [0.4, 0.5) is 0 Å². The van der Waals surface area contributed by atoms with E-state index in [1.165, 1.54) is 61.0 Å². The maximum Gasteiger partial charge on any atom is 0.329 e. The number of sulfone groups is 1. The van der Waals surface area contributed by atoms with E-state index < -0.39 is 172 Å². The third-order valence-corrected chi connectivity index (χ3v) is 19.3. The first-order chi connectivity index (χ1) is 43.3. The molecule has 27 nitrogen and oxygen atoms in total. The highest BCUT2D eigenvalue weighted by molar-refractivity contribution is 7.91. The Hall–Kier alpha value is -6.00. The lowest BCUT2D eigenvalue weighted by Crippen LogP contribution is -2.64. The highest BCUT2D eigenvalue weighted by atomic mass is 32.2. The third kappa shape index (κ3) is 24.6. The average Bonchev–Trinajstić information content (AvgIpc) is 0.809. The largest absolute Gasteiger partial charge is 0.450 e. The molecule has 2 saturated heterocycles. The standard InChI is InChI=1S/C66H119N11O16S/c1-36(2)30-46-61(85)73(20)49(33-39(7)8)57(81)67-44(16)66(90)93-56(42(13)14)65(89)74(21)50(34-40(9)10)59(83)69-47(31-37(3)4)62(86)75(22)53(41(11)12)64(88)76(23)54(55(80)43(15)24-25-77-26-28-94(91,92)29-27-77)60(84)70-52(45(17)78)63(87)71(18)35-51(79)72(19)48(32-38(5)6)58(82)68-46/h36-50,52-56,78,80H,24-35H2,1-23H3,(H,67,81)(H,68,82)(H,69,83)(H,70,84)/t43-,44+,45-,46+,47+,48+,49+,50+,52+,53+,54+,55-,56-/m1/s1. The summed E-state index contributed by atoms with van der Waals surface area (Å²) < 4.78 is 30.5. The number of aliphatic hydroxyl groups excluding tert-OH is 2. The Bertz CT molecular complexity index is 2690. The number of ether oxygens (including phenoxy) is 1. The minimum absolute atomic E-state index is 0.0506. The minimum Gasteiger partial charge on any atom is -0.450 e. The summed E-state index contributed by atoms with van der Waals surface area (Å²) in [5.74, 6) is -12.3. The summed E-state index contributed by atoms with van der Waals surface area (Å²) in [4.78, 5) is 170. The number of cyclic esters (lactones) is 1. The van der Waals surface area contributed by atoms with Gasteiger partial charge in [-0.1, -0.05) is 104 Å². The van der Waals surface area contributed by atoms with Crippen LogP contribution >= 0.6 is 0 Å². The highest BCUT2D eigenvalue weighted by Gasteiger charge is 2.46. The lowest BCUT2D eigenvalue weighted by molar-refractivity contribution is -0.166. The smallest absolute Gasteiger partial charge is 0.329 e. The number of carbonyl (C=O) groups excluding carboxylic acids is 11. The van der Waals surface area contributed by atoms with Crippen molar-refractivity contribution in [3.05, 3.63) is 0 Å². The fourth-order valence-corrected chi connectivity index (χ4v) is 13.1. The maximum atomic E-state index is 15.3. The summed E-state index contributed by atoms with van der Waals surface area (Å²) >= 11 is 0. The van der Waals surface area contributed by atoms with Crippen molar-refractivity contribution in [2.45, 2.75) is 229 Å². The van der Waals surface area contributed by atoms with E-state index in [2.05, 4.69) is 21.3 Å². The fraction of sp³-hybridized carbons (Fsp3) is 0.833. The molecule has 0 bridgehead atoms. The molecule has 2 heterocycles. The van der Waals surface area contributed by atoms with E-state index in [-0.39, 0.29) is 92.7 Å². The zero-order valence-corrected chi connectivity index (χ0v) is 61.5. The van der Waals surface area contributed by atoms with Gasteiger partial charge in [0.05, 0.1) is 30.3 Å². The van der Waals surface area contributed by atoms with E-state index in [9.17, 15) is 57.0 Å². The van der Waals surface area contributed by atoms with Crippen molar-refractivity contribution in [2.24, 2.45) is 47.3 Å². The van der Waals surface area contributed by atoms with Crippen LogP contribution < -0.4 is 21.3 Å². The zero-order valence-electron chi connectivity index (χ0n) is 60.7. The van der Waals surface area contributed by atoms with E-state index in [1.54, 1.807) is 34.6 Å². The van der Waals surface area contributed by atoms with Crippen LogP contribution in [-0.2, 0) is 67.3 Å². The molecule has 0 aromatic rings. The minimum atomic E-state index is -3.24. The number of carbonyl (C=O) groups is 11. The Kier molecular flexibility index (Phi) is 33.5. The molecule has 2 aliphatic heterocycles. The number of aliphatic hydroxyl groups is 2. The van der Waals surface area contributed by atoms with Crippen LogP contribution in [0.3, 0.4) is 0 Å². The van der Waals surface area contributed by atoms with Crippen molar-refractivity contribution in [1.29, 1.82) is 0 Å². The van der Waals surface area contributed by atoms with Crippen LogP contribution in [0.5, 0.6) is 0 Å². The second kappa shape index (κ2) is 37.5. The number of nitrogens with zero attached hydrogens (tertiary/aromatic N) is 7. The van der Waals surface area contributed by atoms with Gasteiger partial charge in [-0.15, -0.1) is 0 Å². The van der Waals surface area contributed by atoms with Gasteiger partial charge in [-0.2, -0.15) is 0 Å². The SMILES string of the molecule is CC(C)C[C@@H]1NC(=O)[C@H](CC(C)C)N(C)C(=O)[C@@H](C(C)C)OC(=O)[C@H](C)NC(=O)[C@H](CC(C)C)N(C)C(=O)[C@H](CC(C)C)NC(=O)[C@H](CC(C)C)N(C)C(=O)CN(C)C(=O)[C@H]([C@@H](C)O)NC(=O)[C@H]([C@H](O)[C@H](C)CCN2CCS(=O)(=O)CC2)N(C)C(=O)[C@H](C(C)C)N(C)C1=O. The number of rotatable bonds is 18. The number of amides is 10. The van der Waals surface area contributed by atoms with E-state index in [0.29, 0.717) is 6.54 Å². The van der Waals surface area contributed by atoms with Crippen LogP contribution in [0.1, 0.15) is 156 Å². The quantitative estimate of drug-likeness (QED) is 0.106. The van der Waals surface area contributed by atoms with Gasteiger partial charge in [0.2, 0.25) is 53.2 Å². The second-order valence-corrected chi connectivity index (χ2v) is 31.6. The lowest BCUT2D eigenvalue weighted by atomic mass is 9.91. The predicted octanol–water partition coefficient (Wildman–Crippen LogP) is 1.51. The van der Waals surface area contributed by atoms with Gasteiger partial charge in [0.25, 0.3) is 5.91 Å². The van der Waals surface area contributed by atoms with E-state index in [1.807, 2.05) is 74.1 Å². The molecule has 0 saturated carbocycles. The molecule has 0 spiro atoms. The molecule has 0 aliphatic carbocycles. The number of nitrogens with one attached hydrogen (secondary N) is 4. The van der Waals surface area contributed by atoms with Crippen LogP contribution in [0.2, 0.25) is 0 Å². The molecule has 0 aromatic heterocycles. The number of hydrogen-bond donors (Lipinski definition) is 6. The lowest BCUT2D eigenvalue weighted by Gasteiger charge is -2.40. The molecular weight excluding hydrogens is 1230 g/mol. The Balaban J connectivity index is 3.03. The van der Waals surface area contributed by atoms with Crippen LogP contribution in [0.15, 0.2) is 0 Å². The highest BCUT2D eigenvalue weighted by Crippen LogP contribution is 2.25. The van der Waals surface area contributed by atoms with Crippen LogP contribution in [0.25, 0.3) is 0 Å². The Morgan fingerprint density at radius 1 is 0.479 bits per heavy atom. The van der Waals surface area contributed by atoms with Gasteiger partial charge in [0.1, 0.15) is 54.4 Å². The molecule has 540 valence electrons. The molecule has 28 heteroatoms. The van der Waals surface area contributed by atoms with Crippen molar-refractivity contribution >= 4 is 74.9 Å². The van der Waals surface area contributed by atoms with Crippen molar-refractivity contribution < 1.29 is 76.1 Å². The molecule has 2 fully saturated rings. The molecule has 10 amide bonds. The van der Waals surface area contributed by atoms with E-state index in [4.69, 9.17) is 4.74 Å². The molecular formula is C66H119N11O16S. The third-order valence-electron chi connectivity index (χ3n) is 17.7. The maximum absolute atomic E-state index is 15.3. The first kappa shape index (κ1) is 84.1. The molecule has 2 aliphatic rings. The topological polar surface area (TPSA) is 342 Å². The van der Waals surface area contributed by atoms with Gasteiger partial charge in [0, 0.05) is 55.4 Å². The molecule has 0 radical (unpaired) electrons. The summed E-state index contributed by atoms with van der Waals surface area (Å²) in [7, 11) is 4.78. The zero-order chi connectivity index (χ0) is 72.5. The van der Waals surface area contributed by atoms with Crippen molar-refractivity contribution in [3.63, 3.8) is 0 Å². The van der Waals surface area contributed by atoms with Gasteiger partial charge in [-0.3, -0.25) is 47.9 Å². The summed E-state index contributed by atoms with van der Waals surface area (Å²) in [6.45, 7) is 29.2. The second-order valence-electron chi connectivity index (χ2n) is 29.3. The van der Waals surface area contributed by atoms with Crippen molar-refractivity contribution in [2.75, 3.05) is 80.0 Å². The van der Waals surface area contributed by atoms with Gasteiger partial charge in [0.15, 0.2) is 15.9 Å². The molecule has 0 unspecified atom stereocenters. The van der Waals surface area contributed by atoms with Crippen molar-refractivity contribution in [3.8, 4) is 0 Å². The summed E-state index contributed by atoms with van der Waals surface area (Å²) in [5.41, 5.74) is 0. The molecule has 94 heavy (non-hydrogen) atoms. The molecule has 0 aromatic carbocycles. The molecule has 2 rings (SSSR count). The summed E-state index contributed by atoms with van der Waals surface area (Å²) in [6.07, 6.45) is -4.21. The van der Waals surface area contributed by atoms with Gasteiger partial charge >= 0.3 is 5.97 Å². The molecule has 13 atom stereocenters. The number of esters is 1.